The molecule has 0 bridgehead atoms. The summed E-state index contributed by atoms with van der Waals surface area (Å²) in [5, 5.41) is 39.1. The molecule has 4 N–H and O–H groups in total. The summed E-state index contributed by atoms with van der Waals surface area (Å²) in [6, 6.07) is 27.9. The Kier molecular flexibility index (Phi) is 6.20. The van der Waals surface area contributed by atoms with E-state index in [0.717, 1.165) is 22.3 Å². The van der Waals surface area contributed by atoms with E-state index in [-0.39, 0.29) is 23.0 Å². The number of hydrogen-bond acceptors (Lipinski definition) is 4. The normalized spacial score (nSPS) is 12.1. The first kappa shape index (κ1) is 23.5. The summed E-state index contributed by atoms with van der Waals surface area (Å²) in [7, 11) is 0. The summed E-state index contributed by atoms with van der Waals surface area (Å²) >= 11 is 7.54. The van der Waals surface area contributed by atoms with Gasteiger partial charge in [0.15, 0.2) is 0 Å². The van der Waals surface area contributed by atoms with Crippen LogP contribution in [0.2, 0.25) is 0 Å². The van der Waals surface area contributed by atoms with Gasteiger partial charge in [0, 0.05) is 10.8 Å². The molecule has 0 aliphatic heterocycles. The van der Waals surface area contributed by atoms with Crippen LogP contribution in [0.5, 0.6) is 23.0 Å². The van der Waals surface area contributed by atoms with E-state index in [1.54, 1.807) is 48.5 Å². The van der Waals surface area contributed by atoms with Crippen molar-refractivity contribution in [3.63, 3.8) is 0 Å². The Hall–Kier alpha value is -3.63. The SMILES string of the molecule is CC(c1ccc(O)cc1)(c1ccc(O)cc1)C(Cl)C(C)(c1ccc(O)cc1)c1ccc(O)cc1. The zero-order chi connectivity index (χ0) is 24.5. The van der Waals surface area contributed by atoms with Gasteiger partial charge in [0.2, 0.25) is 0 Å². The van der Waals surface area contributed by atoms with Crippen LogP contribution in [0.4, 0.5) is 0 Å². The average Bonchev–Trinajstić information content (AvgIpc) is 2.84. The number of halogens is 1. The smallest absolute Gasteiger partial charge is 0.115 e. The Balaban J connectivity index is 1.99. The third kappa shape index (κ3) is 4.06. The first-order chi connectivity index (χ1) is 16.2. The number of aromatic hydroxyl groups is 4. The predicted octanol–water partition coefficient (Wildman–Crippen LogP) is 6.43. The highest BCUT2D eigenvalue weighted by atomic mass is 35.5. The minimum Gasteiger partial charge on any atom is -0.508 e. The van der Waals surface area contributed by atoms with Gasteiger partial charge in [0.25, 0.3) is 0 Å². The molecule has 4 aromatic rings. The van der Waals surface area contributed by atoms with Gasteiger partial charge in [0.05, 0.1) is 5.38 Å². The molecule has 34 heavy (non-hydrogen) atoms. The molecule has 4 aromatic carbocycles. The Morgan fingerprint density at radius 1 is 0.441 bits per heavy atom. The highest BCUT2D eigenvalue weighted by molar-refractivity contribution is 6.23. The lowest BCUT2D eigenvalue weighted by Crippen LogP contribution is -2.48. The first-order valence-electron chi connectivity index (χ1n) is 11.0. The van der Waals surface area contributed by atoms with Gasteiger partial charge >= 0.3 is 0 Å². The summed E-state index contributed by atoms with van der Waals surface area (Å²) in [5.74, 6) is 0.621. The maximum Gasteiger partial charge on any atom is 0.115 e. The van der Waals surface area contributed by atoms with E-state index < -0.39 is 16.2 Å². The van der Waals surface area contributed by atoms with E-state index in [2.05, 4.69) is 0 Å². The van der Waals surface area contributed by atoms with Crippen LogP contribution in [0.3, 0.4) is 0 Å². The lowest BCUT2D eigenvalue weighted by molar-refractivity contribution is 0.400. The molecule has 0 amide bonds. The molecule has 0 aromatic heterocycles. The highest BCUT2D eigenvalue weighted by Gasteiger charge is 2.49. The summed E-state index contributed by atoms with van der Waals surface area (Å²) in [5.41, 5.74) is 2.01. The summed E-state index contributed by atoms with van der Waals surface area (Å²) < 4.78 is 0. The molecule has 4 rings (SSSR count). The number of hydrogen-bond donors (Lipinski definition) is 4. The van der Waals surface area contributed by atoms with Crippen LogP contribution in [0.25, 0.3) is 0 Å². The second-order valence-electron chi connectivity index (χ2n) is 8.95. The van der Waals surface area contributed by atoms with Crippen molar-refractivity contribution in [2.24, 2.45) is 0 Å². The Labute approximate surface area is 204 Å². The van der Waals surface area contributed by atoms with E-state index in [1.807, 2.05) is 62.4 Å². The standard InChI is InChI=1S/C29H27ClO4/c1-28(19-3-11-23(31)12-4-19,20-5-13-24(32)14-6-20)27(30)29(2,21-7-15-25(33)16-8-21)22-9-17-26(34)18-10-22/h3-18,27,31-34H,1-2H3. The monoisotopic (exact) mass is 474 g/mol. The van der Waals surface area contributed by atoms with Crippen molar-refractivity contribution in [3.8, 4) is 23.0 Å². The van der Waals surface area contributed by atoms with Crippen LogP contribution < -0.4 is 0 Å². The average molecular weight is 475 g/mol. The van der Waals surface area contributed by atoms with Crippen molar-refractivity contribution in [1.82, 2.24) is 0 Å². The van der Waals surface area contributed by atoms with E-state index in [4.69, 9.17) is 11.6 Å². The number of phenols is 4. The Morgan fingerprint density at radius 3 is 0.794 bits per heavy atom. The molecule has 0 aliphatic rings. The van der Waals surface area contributed by atoms with Gasteiger partial charge in [-0.05, 0) is 84.6 Å². The highest BCUT2D eigenvalue weighted by Crippen LogP contribution is 2.50. The van der Waals surface area contributed by atoms with E-state index >= 15 is 0 Å². The third-order valence-corrected chi connectivity index (χ3v) is 7.75. The molecule has 0 aliphatic carbocycles. The fraction of sp³-hybridized carbons (Fsp3) is 0.172. The molecule has 0 fully saturated rings. The molecule has 0 heterocycles. The lowest BCUT2D eigenvalue weighted by Gasteiger charge is -2.46. The molecular weight excluding hydrogens is 448 g/mol. The molecule has 4 nitrogen and oxygen atoms in total. The maximum absolute atomic E-state index is 9.92. The van der Waals surface area contributed by atoms with Crippen molar-refractivity contribution >= 4 is 11.6 Å². The minimum absolute atomic E-state index is 0.155. The molecular formula is C29H27ClO4. The summed E-state index contributed by atoms with van der Waals surface area (Å²) in [4.78, 5) is 0. The molecule has 0 saturated heterocycles. The lowest BCUT2D eigenvalue weighted by atomic mass is 9.61. The zero-order valence-corrected chi connectivity index (χ0v) is 19.7. The van der Waals surface area contributed by atoms with Crippen LogP contribution in [0, 0.1) is 0 Å². The quantitative estimate of drug-likeness (QED) is 0.243. The van der Waals surface area contributed by atoms with Gasteiger partial charge in [-0.2, -0.15) is 0 Å². The summed E-state index contributed by atoms with van der Waals surface area (Å²) in [6.45, 7) is 4.09. The third-order valence-electron chi connectivity index (χ3n) is 6.88. The first-order valence-corrected chi connectivity index (χ1v) is 11.4. The van der Waals surface area contributed by atoms with Gasteiger partial charge in [-0.25, -0.2) is 0 Å². The molecule has 5 heteroatoms. The van der Waals surface area contributed by atoms with Gasteiger partial charge < -0.3 is 20.4 Å². The molecule has 0 saturated carbocycles. The fourth-order valence-electron chi connectivity index (χ4n) is 4.73. The molecule has 0 radical (unpaired) electrons. The van der Waals surface area contributed by atoms with Crippen LogP contribution in [-0.2, 0) is 10.8 Å². The van der Waals surface area contributed by atoms with Gasteiger partial charge in [-0.1, -0.05) is 48.5 Å². The van der Waals surface area contributed by atoms with Gasteiger partial charge in [-0.15, -0.1) is 11.6 Å². The fourth-order valence-corrected chi connectivity index (χ4v) is 5.23. The van der Waals surface area contributed by atoms with Gasteiger partial charge in [-0.3, -0.25) is 0 Å². The molecule has 0 spiro atoms. The van der Waals surface area contributed by atoms with Crippen molar-refractivity contribution in [1.29, 1.82) is 0 Å². The Morgan fingerprint density at radius 2 is 0.618 bits per heavy atom. The minimum atomic E-state index is -0.770. The van der Waals surface area contributed by atoms with Gasteiger partial charge in [0.1, 0.15) is 23.0 Å². The largest absolute Gasteiger partial charge is 0.508 e. The van der Waals surface area contributed by atoms with Crippen LogP contribution >= 0.6 is 11.6 Å². The van der Waals surface area contributed by atoms with Crippen LogP contribution in [0.15, 0.2) is 97.1 Å². The van der Waals surface area contributed by atoms with E-state index in [1.165, 1.54) is 0 Å². The van der Waals surface area contributed by atoms with E-state index in [9.17, 15) is 20.4 Å². The number of alkyl halides is 1. The number of rotatable bonds is 6. The second-order valence-corrected chi connectivity index (χ2v) is 9.39. The van der Waals surface area contributed by atoms with Crippen molar-refractivity contribution in [3.05, 3.63) is 119 Å². The van der Waals surface area contributed by atoms with Crippen LogP contribution in [0.1, 0.15) is 36.1 Å². The summed E-state index contributed by atoms with van der Waals surface area (Å²) in [6.07, 6.45) is 0. The van der Waals surface area contributed by atoms with Crippen molar-refractivity contribution in [2.75, 3.05) is 0 Å². The molecule has 174 valence electrons. The van der Waals surface area contributed by atoms with E-state index in [0.29, 0.717) is 0 Å². The predicted molar refractivity (Wildman–Crippen MR) is 135 cm³/mol. The van der Waals surface area contributed by atoms with Crippen molar-refractivity contribution < 1.29 is 20.4 Å². The zero-order valence-electron chi connectivity index (χ0n) is 19.0. The second kappa shape index (κ2) is 8.96. The maximum atomic E-state index is 9.92. The van der Waals surface area contributed by atoms with Crippen LogP contribution in [-0.4, -0.2) is 25.8 Å². The molecule has 0 atom stereocenters. The Bertz CT molecular complexity index is 1060. The topological polar surface area (TPSA) is 80.9 Å². The number of benzene rings is 4. The molecule has 0 unspecified atom stereocenters. The van der Waals surface area contributed by atoms with Crippen molar-refractivity contribution in [2.45, 2.75) is 30.1 Å². The number of phenolic OH excluding ortho intramolecular Hbond substituents is 4.